The van der Waals surface area contributed by atoms with Gasteiger partial charge in [-0.25, -0.2) is 0 Å². The van der Waals surface area contributed by atoms with Gasteiger partial charge < -0.3 is 9.73 Å². The Labute approximate surface area is 128 Å². The van der Waals surface area contributed by atoms with Gasteiger partial charge in [-0.1, -0.05) is 44.7 Å². The molecule has 0 unspecified atom stereocenters. The van der Waals surface area contributed by atoms with Crippen molar-refractivity contribution >= 4 is 17.7 Å². The molecule has 0 saturated heterocycles. The Morgan fingerprint density at radius 2 is 1.90 bits per heavy atom. The van der Waals surface area contributed by atoms with Crippen LogP contribution in [0.1, 0.15) is 42.6 Å². The number of thioether (sulfide) groups is 1. The predicted octanol–water partition coefficient (Wildman–Crippen LogP) is 3.02. The number of carbonyl (C=O) groups excluding carboxylic acids is 1. The van der Waals surface area contributed by atoms with Crippen LogP contribution in [0.3, 0.4) is 0 Å². The molecule has 0 saturated carbocycles. The molecule has 0 aliphatic carbocycles. The van der Waals surface area contributed by atoms with Gasteiger partial charge in [0, 0.05) is 5.56 Å². The van der Waals surface area contributed by atoms with Crippen LogP contribution >= 0.6 is 11.8 Å². The predicted molar refractivity (Wildman–Crippen MR) is 82.4 cm³/mol. The van der Waals surface area contributed by atoms with Crippen LogP contribution in [0.15, 0.2) is 33.9 Å². The monoisotopic (exact) mass is 305 g/mol. The Morgan fingerprint density at radius 3 is 2.43 bits per heavy atom. The van der Waals surface area contributed by atoms with Crippen LogP contribution in [0, 0.1) is 0 Å². The first kappa shape index (κ1) is 15.6. The molecular weight excluding hydrogens is 286 g/mol. The summed E-state index contributed by atoms with van der Waals surface area (Å²) in [5, 5.41) is 10.9. The first-order chi connectivity index (χ1) is 9.90. The van der Waals surface area contributed by atoms with Crippen LogP contribution in [0.25, 0.3) is 0 Å². The number of amides is 1. The normalized spacial score (nSPS) is 11.4. The molecule has 0 bridgehead atoms. The summed E-state index contributed by atoms with van der Waals surface area (Å²) in [6.07, 6.45) is 1.85. The Bertz CT molecular complexity index is 615. The molecule has 0 aliphatic heterocycles. The summed E-state index contributed by atoms with van der Waals surface area (Å²) in [7, 11) is 0. The topological polar surface area (TPSA) is 68.0 Å². The molecule has 1 aromatic heterocycles. The van der Waals surface area contributed by atoms with Gasteiger partial charge in [0.1, 0.15) is 0 Å². The second-order valence-electron chi connectivity index (χ2n) is 5.68. The highest BCUT2D eigenvalue weighted by molar-refractivity contribution is 7.98. The van der Waals surface area contributed by atoms with Crippen LogP contribution in [-0.4, -0.2) is 22.4 Å². The number of carbonyl (C=O) groups is 1. The number of hydrogen-bond donors (Lipinski definition) is 1. The maximum absolute atomic E-state index is 12.0. The minimum Gasteiger partial charge on any atom is -0.414 e. The van der Waals surface area contributed by atoms with E-state index in [4.69, 9.17) is 4.42 Å². The summed E-state index contributed by atoms with van der Waals surface area (Å²) in [4.78, 5) is 12.0. The van der Waals surface area contributed by atoms with Crippen molar-refractivity contribution in [3.8, 4) is 0 Å². The molecule has 1 aromatic carbocycles. The van der Waals surface area contributed by atoms with E-state index in [-0.39, 0.29) is 17.9 Å². The van der Waals surface area contributed by atoms with Gasteiger partial charge in [-0.05, 0) is 29.4 Å². The molecular formula is C15H19N3O2S. The smallest absolute Gasteiger partial charge is 0.276 e. The fraction of sp³-hybridized carbons (Fsp3) is 0.400. The van der Waals surface area contributed by atoms with Crippen molar-refractivity contribution in [3.63, 3.8) is 0 Å². The summed E-state index contributed by atoms with van der Waals surface area (Å²) in [6.45, 7) is 6.65. The number of nitrogens with one attached hydrogen (secondary N) is 1. The highest BCUT2D eigenvalue weighted by Crippen LogP contribution is 2.22. The molecule has 0 spiro atoms. The van der Waals surface area contributed by atoms with Crippen LogP contribution < -0.4 is 5.32 Å². The third kappa shape index (κ3) is 4.07. The molecule has 1 heterocycles. The third-order valence-electron chi connectivity index (χ3n) is 3.04. The van der Waals surface area contributed by atoms with Crippen molar-refractivity contribution in [1.82, 2.24) is 15.5 Å². The lowest BCUT2D eigenvalue weighted by Crippen LogP contribution is -2.23. The first-order valence-electron chi connectivity index (χ1n) is 6.65. The highest BCUT2D eigenvalue weighted by Gasteiger charge is 2.14. The van der Waals surface area contributed by atoms with E-state index in [1.165, 1.54) is 17.3 Å². The van der Waals surface area contributed by atoms with E-state index in [1.807, 2.05) is 30.5 Å². The van der Waals surface area contributed by atoms with E-state index in [2.05, 4.69) is 36.3 Å². The van der Waals surface area contributed by atoms with Crippen LogP contribution in [0.5, 0.6) is 0 Å². The van der Waals surface area contributed by atoms with Crippen LogP contribution in [0.2, 0.25) is 0 Å². The minimum atomic E-state index is -0.153. The summed E-state index contributed by atoms with van der Waals surface area (Å²) in [6, 6.07) is 7.62. The molecule has 0 radical (unpaired) electrons. The summed E-state index contributed by atoms with van der Waals surface area (Å²) in [5.41, 5.74) is 1.89. The average Bonchev–Trinajstić information content (AvgIpc) is 2.92. The molecule has 2 aromatic rings. The molecule has 6 heteroatoms. The lowest BCUT2D eigenvalue weighted by molar-refractivity contribution is 0.0946. The second kappa shape index (κ2) is 6.30. The van der Waals surface area contributed by atoms with Crippen molar-refractivity contribution < 1.29 is 9.21 Å². The standard InChI is InChI=1S/C15H19N3O2S/c1-15(2,3)11-7-5-10(6-8-11)13(19)16-9-12-17-18-14(20-12)21-4/h5-8H,9H2,1-4H3,(H,16,19). The zero-order valence-corrected chi connectivity index (χ0v) is 13.5. The first-order valence-corrected chi connectivity index (χ1v) is 7.88. The van der Waals surface area contributed by atoms with Crippen molar-refractivity contribution in [2.45, 2.75) is 38.0 Å². The molecule has 0 fully saturated rings. The van der Waals surface area contributed by atoms with Gasteiger partial charge in [0.2, 0.25) is 5.89 Å². The lowest BCUT2D eigenvalue weighted by atomic mass is 9.87. The van der Waals surface area contributed by atoms with Crippen molar-refractivity contribution in [3.05, 3.63) is 41.3 Å². The fourth-order valence-electron chi connectivity index (χ4n) is 1.77. The van der Waals surface area contributed by atoms with Crippen molar-refractivity contribution in [1.29, 1.82) is 0 Å². The van der Waals surface area contributed by atoms with Gasteiger partial charge >= 0.3 is 0 Å². The molecule has 0 atom stereocenters. The van der Waals surface area contributed by atoms with Gasteiger partial charge in [0.25, 0.3) is 11.1 Å². The van der Waals surface area contributed by atoms with Gasteiger partial charge in [0.05, 0.1) is 6.54 Å². The SMILES string of the molecule is CSc1nnc(CNC(=O)c2ccc(C(C)(C)C)cc2)o1. The molecule has 5 nitrogen and oxygen atoms in total. The van der Waals surface area contributed by atoms with Crippen LogP contribution in [0.4, 0.5) is 0 Å². The van der Waals surface area contributed by atoms with E-state index >= 15 is 0 Å². The second-order valence-corrected chi connectivity index (χ2v) is 6.43. The minimum absolute atomic E-state index is 0.0764. The number of rotatable bonds is 4. The molecule has 112 valence electrons. The van der Waals surface area contributed by atoms with E-state index in [9.17, 15) is 4.79 Å². The van der Waals surface area contributed by atoms with Gasteiger partial charge in [-0.15, -0.1) is 10.2 Å². The molecule has 21 heavy (non-hydrogen) atoms. The largest absolute Gasteiger partial charge is 0.414 e. The van der Waals surface area contributed by atoms with Crippen LogP contribution in [-0.2, 0) is 12.0 Å². The maximum atomic E-state index is 12.0. The maximum Gasteiger partial charge on any atom is 0.276 e. The molecule has 0 aliphatic rings. The van der Waals surface area contributed by atoms with Gasteiger partial charge in [0.15, 0.2) is 0 Å². The van der Waals surface area contributed by atoms with Crippen molar-refractivity contribution in [2.24, 2.45) is 0 Å². The number of nitrogens with zero attached hydrogens (tertiary/aromatic N) is 2. The number of aromatic nitrogens is 2. The fourth-order valence-corrected chi connectivity index (χ4v) is 2.07. The van der Waals surface area contributed by atoms with E-state index in [0.29, 0.717) is 16.7 Å². The summed E-state index contributed by atoms with van der Waals surface area (Å²) < 4.78 is 5.31. The Balaban J connectivity index is 1.97. The molecule has 1 amide bonds. The Kier molecular flexibility index (Phi) is 4.67. The Hall–Kier alpha value is -1.82. The average molecular weight is 305 g/mol. The zero-order chi connectivity index (χ0) is 15.5. The lowest BCUT2D eigenvalue weighted by Gasteiger charge is -2.18. The zero-order valence-electron chi connectivity index (χ0n) is 12.6. The quantitative estimate of drug-likeness (QED) is 0.879. The molecule has 2 rings (SSSR count). The number of hydrogen-bond acceptors (Lipinski definition) is 5. The number of benzene rings is 1. The van der Waals surface area contributed by atoms with E-state index in [1.54, 1.807) is 0 Å². The van der Waals surface area contributed by atoms with E-state index in [0.717, 1.165) is 0 Å². The summed E-state index contributed by atoms with van der Waals surface area (Å²) >= 11 is 1.37. The highest BCUT2D eigenvalue weighted by atomic mass is 32.2. The van der Waals surface area contributed by atoms with Gasteiger partial charge in [-0.2, -0.15) is 0 Å². The van der Waals surface area contributed by atoms with Crippen molar-refractivity contribution in [2.75, 3.05) is 6.26 Å². The van der Waals surface area contributed by atoms with E-state index < -0.39 is 0 Å². The summed E-state index contributed by atoms with van der Waals surface area (Å²) in [5.74, 6) is 0.248. The molecule has 1 N–H and O–H groups in total. The van der Waals surface area contributed by atoms with Gasteiger partial charge in [-0.3, -0.25) is 4.79 Å². The Morgan fingerprint density at radius 1 is 1.24 bits per heavy atom. The third-order valence-corrected chi connectivity index (χ3v) is 3.55.